The molecule has 2 fully saturated rings. The largest absolute Gasteiger partial charge is 0.479 e. The zero-order valence-electron chi connectivity index (χ0n) is 22.5. The summed E-state index contributed by atoms with van der Waals surface area (Å²) < 4.78 is 0. The Morgan fingerprint density at radius 2 is 1.77 bits per heavy atom. The molecular weight excluding hydrogens is 567 g/mol. The molecular formula is C28H37N3O6S2Si. The molecule has 0 saturated carbocycles. The Morgan fingerprint density at radius 3 is 2.45 bits per heavy atom. The predicted molar refractivity (Wildman–Crippen MR) is 160 cm³/mol. The first-order chi connectivity index (χ1) is 19.1. The fourth-order valence-corrected chi connectivity index (χ4v) is 10.5. The lowest BCUT2D eigenvalue weighted by molar-refractivity contribution is -0.158. The first kappa shape index (κ1) is 30.8. The molecule has 40 heavy (non-hydrogen) atoms. The van der Waals surface area contributed by atoms with Crippen LogP contribution in [0.25, 0.3) is 0 Å². The van der Waals surface area contributed by atoms with E-state index >= 15 is 0 Å². The average molecular weight is 604 g/mol. The molecule has 2 heterocycles. The number of nitrogens with one attached hydrogen (secondary N) is 2. The standard InChI is InChI=1S/C28H37N3O6S2Si/c1-20(19-40(36,37)15-12-21-8-4-2-5-9-21)16-23(32)28(27(34)35)29-13-14-31(28)25-18-38-17-24(39-25)30-26(33)22-10-6-3-7-11-22/h2-11,20,24-25,29,36-37H,12-19H2,1H3,(H,30,33)(H,34,35)/t20?,24-,25?,28?/m1/s1. The maximum atomic E-state index is 13.7. The predicted octanol–water partition coefficient (Wildman–Crippen LogP) is 2.50. The summed E-state index contributed by atoms with van der Waals surface area (Å²) in [7, 11) is -3.59. The first-order valence-corrected chi connectivity index (χ1v) is 17.9. The number of carboxylic acid groups (broad SMARTS) is 1. The van der Waals surface area contributed by atoms with Crippen molar-refractivity contribution in [2.75, 3.05) is 24.6 Å². The molecule has 2 saturated heterocycles. The average Bonchev–Trinajstić information content (AvgIpc) is 3.40. The summed E-state index contributed by atoms with van der Waals surface area (Å²) in [5.74, 6) is -1.04. The van der Waals surface area contributed by atoms with Crippen molar-refractivity contribution in [1.82, 2.24) is 15.5 Å². The zero-order chi connectivity index (χ0) is 28.8. The van der Waals surface area contributed by atoms with Crippen molar-refractivity contribution in [3.63, 3.8) is 0 Å². The smallest absolute Gasteiger partial charge is 0.347 e. The van der Waals surface area contributed by atoms with E-state index < -0.39 is 31.9 Å². The van der Waals surface area contributed by atoms with E-state index in [-0.39, 0.29) is 35.2 Å². The molecule has 2 aliphatic rings. The second kappa shape index (κ2) is 13.6. The van der Waals surface area contributed by atoms with Crippen LogP contribution < -0.4 is 10.6 Å². The Kier molecular flexibility index (Phi) is 10.5. The highest BCUT2D eigenvalue weighted by atomic mass is 32.2. The minimum absolute atomic E-state index is 0.0862. The van der Waals surface area contributed by atoms with Gasteiger partial charge in [0.1, 0.15) is 0 Å². The lowest BCUT2D eigenvalue weighted by atomic mass is 9.95. The number of hydrogen-bond donors (Lipinski definition) is 5. The van der Waals surface area contributed by atoms with E-state index in [2.05, 4.69) is 10.6 Å². The van der Waals surface area contributed by atoms with Crippen LogP contribution in [0.4, 0.5) is 0 Å². The van der Waals surface area contributed by atoms with Gasteiger partial charge in [0.05, 0.1) is 10.7 Å². The zero-order valence-corrected chi connectivity index (χ0v) is 25.1. The molecule has 4 rings (SSSR count). The maximum Gasteiger partial charge on any atom is 0.347 e. The quantitative estimate of drug-likeness (QED) is 0.182. The molecule has 3 unspecified atom stereocenters. The Balaban J connectivity index is 1.39. The van der Waals surface area contributed by atoms with Crippen LogP contribution in [0, 0.1) is 5.92 Å². The van der Waals surface area contributed by atoms with E-state index in [4.69, 9.17) is 0 Å². The summed E-state index contributed by atoms with van der Waals surface area (Å²) in [4.78, 5) is 62.2. The monoisotopic (exact) mass is 603 g/mol. The molecule has 9 nitrogen and oxygen atoms in total. The van der Waals surface area contributed by atoms with E-state index in [1.807, 2.05) is 36.4 Å². The minimum Gasteiger partial charge on any atom is -0.479 e. The number of carbonyl (C=O) groups excluding carboxylic acids is 2. The van der Waals surface area contributed by atoms with Crippen LogP contribution in [-0.2, 0) is 16.0 Å². The van der Waals surface area contributed by atoms with Gasteiger partial charge in [-0.3, -0.25) is 19.8 Å². The second-order valence-corrected chi connectivity index (χ2v) is 15.8. The Bertz CT molecular complexity index is 1180. The van der Waals surface area contributed by atoms with Crippen LogP contribution in [0.2, 0.25) is 12.1 Å². The van der Waals surface area contributed by atoms with Gasteiger partial charge in [0.15, 0.2) is 5.78 Å². The molecule has 0 aromatic heterocycles. The topological polar surface area (TPSA) is 139 Å². The van der Waals surface area contributed by atoms with E-state index in [1.165, 1.54) is 11.8 Å². The molecule has 0 bridgehead atoms. The molecule has 2 aromatic rings. The van der Waals surface area contributed by atoms with Crippen LogP contribution in [0.5, 0.6) is 0 Å². The van der Waals surface area contributed by atoms with Crippen molar-refractivity contribution < 1.29 is 29.1 Å². The van der Waals surface area contributed by atoms with Crippen molar-refractivity contribution in [2.24, 2.45) is 5.92 Å². The molecule has 12 heteroatoms. The summed E-state index contributed by atoms with van der Waals surface area (Å²) in [5.41, 5.74) is -0.321. The van der Waals surface area contributed by atoms with Crippen molar-refractivity contribution in [2.45, 2.75) is 48.3 Å². The van der Waals surface area contributed by atoms with Crippen LogP contribution in [-0.4, -0.2) is 86.8 Å². The van der Waals surface area contributed by atoms with Crippen molar-refractivity contribution >= 4 is 49.7 Å². The highest BCUT2D eigenvalue weighted by molar-refractivity contribution is 8.07. The van der Waals surface area contributed by atoms with Gasteiger partial charge in [0, 0.05) is 36.6 Å². The number of rotatable bonds is 12. The van der Waals surface area contributed by atoms with Gasteiger partial charge in [-0.25, -0.2) is 4.79 Å². The number of nitrogens with zero attached hydrogens (tertiary/aromatic N) is 1. The highest BCUT2D eigenvalue weighted by Crippen LogP contribution is 2.37. The lowest BCUT2D eigenvalue weighted by Gasteiger charge is -2.41. The molecule has 0 aliphatic carbocycles. The van der Waals surface area contributed by atoms with Gasteiger partial charge in [0.2, 0.25) is 5.66 Å². The Morgan fingerprint density at radius 1 is 1.10 bits per heavy atom. The number of amides is 1. The molecule has 2 aliphatic heterocycles. The number of hydrogen-bond acceptors (Lipinski definition) is 9. The first-order valence-electron chi connectivity index (χ1n) is 13.5. The van der Waals surface area contributed by atoms with E-state index in [9.17, 15) is 29.1 Å². The summed E-state index contributed by atoms with van der Waals surface area (Å²) in [6.07, 6.45) is 0.448. The van der Waals surface area contributed by atoms with E-state index in [1.54, 1.807) is 47.9 Å². The Hall–Kier alpha value is -2.19. The molecule has 0 radical (unpaired) electrons. The molecule has 1 amide bonds. The minimum atomic E-state index is -3.59. The molecule has 2 aromatic carbocycles. The van der Waals surface area contributed by atoms with Gasteiger partial charge in [-0.2, -0.15) is 11.8 Å². The number of carbonyl (C=O) groups is 3. The van der Waals surface area contributed by atoms with E-state index in [0.717, 1.165) is 5.56 Å². The summed E-state index contributed by atoms with van der Waals surface area (Å²) in [6.45, 7) is 2.48. The second-order valence-electron chi connectivity index (χ2n) is 10.5. The summed E-state index contributed by atoms with van der Waals surface area (Å²) in [5, 5.41) is 15.8. The van der Waals surface area contributed by atoms with Gasteiger partial charge in [-0.05, 0) is 42.1 Å². The van der Waals surface area contributed by atoms with Crippen molar-refractivity contribution in [3.8, 4) is 0 Å². The summed E-state index contributed by atoms with van der Waals surface area (Å²) in [6, 6.07) is 18.9. The SMILES string of the molecule is CC(CC(=O)C1(C(=O)O)NCCN1C1CSC[C@H](NC(=O)c2ccccc2)S1)C[Si](O)(O)CCc1ccccc1. The molecule has 216 valence electrons. The van der Waals surface area contributed by atoms with Gasteiger partial charge < -0.3 is 20.0 Å². The third-order valence-corrected chi connectivity index (χ3v) is 12.6. The van der Waals surface area contributed by atoms with Gasteiger partial charge in [-0.15, -0.1) is 11.8 Å². The number of aryl methyl sites for hydroxylation is 1. The van der Waals surface area contributed by atoms with Crippen molar-refractivity contribution in [3.05, 3.63) is 71.8 Å². The number of thioether (sulfide) groups is 2. The number of aliphatic carboxylic acids is 1. The van der Waals surface area contributed by atoms with Gasteiger partial charge in [0.25, 0.3) is 5.91 Å². The normalized spacial score (nSPS) is 24.4. The number of Topliss-reactive ketones (excluding diaryl/α,β-unsaturated/α-hetero) is 1. The molecule has 0 spiro atoms. The van der Waals surface area contributed by atoms with E-state index in [0.29, 0.717) is 36.6 Å². The molecule has 5 N–H and O–H groups in total. The van der Waals surface area contributed by atoms with Crippen LogP contribution >= 0.6 is 23.5 Å². The Labute approximate surface area is 244 Å². The summed E-state index contributed by atoms with van der Waals surface area (Å²) >= 11 is 3.08. The van der Waals surface area contributed by atoms with Crippen LogP contribution in [0.1, 0.15) is 29.3 Å². The van der Waals surface area contributed by atoms with Crippen LogP contribution in [0.15, 0.2) is 60.7 Å². The number of carboxylic acids is 1. The van der Waals surface area contributed by atoms with Gasteiger partial charge in [-0.1, -0.05) is 55.5 Å². The molecule has 4 atom stereocenters. The fraction of sp³-hybridized carbons (Fsp3) is 0.464. The van der Waals surface area contributed by atoms with Gasteiger partial charge >= 0.3 is 14.5 Å². The van der Waals surface area contributed by atoms with Crippen molar-refractivity contribution in [1.29, 1.82) is 0 Å². The number of ketones is 1. The highest BCUT2D eigenvalue weighted by Gasteiger charge is 2.56. The van der Waals surface area contributed by atoms with Crippen LogP contribution in [0.3, 0.4) is 0 Å². The fourth-order valence-electron chi connectivity index (χ4n) is 5.35. The lowest BCUT2D eigenvalue weighted by Crippen LogP contribution is -2.66. The maximum absolute atomic E-state index is 13.7. The number of benzene rings is 2. The third kappa shape index (κ3) is 7.55. The third-order valence-electron chi connectivity index (χ3n) is 7.27.